The Labute approximate surface area is 150 Å². The van der Waals surface area contributed by atoms with E-state index in [1.165, 1.54) is 12.1 Å². The van der Waals surface area contributed by atoms with Crippen molar-refractivity contribution in [3.63, 3.8) is 0 Å². The second-order valence-corrected chi connectivity index (χ2v) is 6.12. The third kappa shape index (κ3) is 6.38. The number of nitrogens with one attached hydrogen (secondary N) is 1. The number of hydrogen-bond acceptors (Lipinski definition) is 2. The first kappa shape index (κ1) is 18.6. The number of rotatable bonds is 8. The van der Waals surface area contributed by atoms with Gasteiger partial charge in [-0.15, -0.1) is 0 Å². The molecule has 24 heavy (non-hydrogen) atoms. The molecule has 0 unspecified atom stereocenters. The van der Waals surface area contributed by atoms with Gasteiger partial charge in [0, 0.05) is 16.6 Å². The molecule has 1 amide bonds. The lowest BCUT2D eigenvalue weighted by atomic mass is 10.1. The van der Waals surface area contributed by atoms with E-state index in [0.29, 0.717) is 28.9 Å². The molecule has 0 fully saturated rings. The van der Waals surface area contributed by atoms with E-state index in [-0.39, 0.29) is 18.1 Å². The van der Waals surface area contributed by atoms with Gasteiger partial charge in [0.25, 0.3) is 0 Å². The summed E-state index contributed by atoms with van der Waals surface area (Å²) in [5.41, 5.74) is 0.748. The first-order chi connectivity index (χ1) is 11.5. The summed E-state index contributed by atoms with van der Waals surface area (Å²) in [6.45, 7) is 1.08. The molecule has 0 aliphatic heterocycles. The van der Waals surface area contributed by atoms with E-state index in [0.717, 1.165) is 18.4 Å². The van der Waals surface area contributed by atoms with Gasteiger partial charge >= 0.3 is 0 Å². The van der Waals surface area contributed by atoms with Crippen molar-refractivity contribution < 1.29 is 13.9 Å². The zero-order valence-corrected chi connectivity index (χ0v) is 14.5. The molecule has 0 aromatic heterocycles. The Kier molecular flexibility index (Phi) is 7.35. The molecule has 2 rings (SSSR count). The van der Waals surface area contributed by atoms with Crippen LogP contribution in [0.5, 0.6) is 5.75 Å². The number of benzene rings is 2. The zero-order valence-electron chi connectivity index (χ0n) is 13.0. The summed E-state index contributed by atoms with van der Waals surface area (Å²) < 4.78 is 18.2. The summed E-state index contributed by atoms with van der Waals surface area (Å²) in [5, 5.41) is 3.88. The van der Waals surface area contributed by atoms with E-state index >= 15 is 0 Å². The fourth-order valence-corrected chi connectivity index (χ4v) is 2.55. The maximum absolute atomic E-state index is 12.7. The van der Waals surface area contributed by atoms with Gasteiger partial charge in [-0.05, 0) is 54.8 Å². The monoisotopic (exact) mass is 369 g/mol. The third-order valence-corrected chi connectivity index (χ3v) is 3.93. The molecular weight excluding hydrogens is 352 g/mol. The lowest BCUT2D eigenvalue weighted by Crippen LogP contribution is -2.26. The summed E-state index contributed by atoms with van der Waals surface area (Å²) in [6.07, 6.45) is 1.81. The molecule has 3 nitrogen and oxygen atoms in total. The molecule has 2 aromatic carbocycles. The van der Waals surface area contributed by atoms with Gasteiger partial charge in [0.15, 0.2) is 0 Å². The number of ether oxygens (including phenoxy) is 1. The van der Waals surface area contributed by atoms with Crippen molar-refractivity contribution in [2.45, 2.75) is 19.3 Å². The van der Waals surface area contributed by atoms with Crippen molar-refractivity contribution in [3.05, 3.63) is 63.9 Å². The number of halogens is 3. The molecular formula is C18H18Cl2FNO2. The Morgan fingerprint density at radius 3 is 2.54 bits per heavy atom. The van der Waals surface area contributed by atoms with Crippen LogP contribution in [0.2, 0.25) is 10.0 Å². The number of unbranched alkanes of at least 4 members (excludes halogenated alkanes) is 1. The van der Waals surface area contributed by atoms with E-state index in [1.54, 1.807) is 30.3 Å². The molecule has 128 valence electrons. The Hall–Kier alpha value is -1.78. The molecule has 0 heterocycles. The second-order valence-electron chi connectivity index (χ2n) is 5.27. The first-order valence-corrected chi connectivity index (χ1v) is 8.39. The number of hydrogen-bond donors (Lipinski definition) is 1. The average molecular weight is 370 g/mol. The van der Waals surface area contributed by atoms with Crippen LogP contribution >= 0.6 is 23.2 Å². The molecule has 0 spiro atoms. The summed E-state index contributed by atoms with van der Waals surface area (Å²) in [6, 6.07) is 11.0. The molecule has 0 aliphatic carbocycles. The van der Waals surface area contributed by atoms with Gasteiger partial charge < -0.3 is 10.1 Å². The second kappa shape index (κ2) is 9.50. The maximum atomic E-state index is 12.7. The minimum absolute atomic E-state index is 0.0846. The smallest absolute Gasteiger partial charge is 0.224 e. The summed E-state index contributed by atoms with van der Waals surface area (Å²) in [5.74, 6) is 0.266. The highest BCUT2D eigenvalue weighted by atomic mass is 35.5. The molecule has 0 saturated carbocycles. The summed E-state index contributed by atoms with van der Waals surface area (Å²) in [7, 11) is 0. The Balaban J connectivity index is 1.60. The van der Waals surface area contributed by atoms with Crippen molar-refractivity contribution >= 4 is 29.1 Å². The molecule has 2 aromatic rings. The van der Waals surface area contributed by atoms with E-state index in [2.05, 4.69) is 5.32 Å². The highest BCUT2D eigenvalue weighted by Gasteiger charge is 2.07. The van der Waals surface area contributed by atoms with Crippen LogP contribution < -0.4 is 10.1 Å². The van der Waals surface area contributed by atoms with Gasteiger partial charge in [-0.3, -0.25) is 4.79 Å². The molecule has 1 N–H and O–H groups in total. The minimum Gasteiger partial charge on any atom is -0.494 e. The van der Waals surface area contributed by atoms with Crippen LogP contribution in [-0.4, -0.2) is 19.1 Å². The van der Waals surface area contributed by atoms with Crippen molar-refractivity contribution in [3.8, 4) is 5.75 Å². The normalized spacial score (nSPS) is 10.5. The summed E-state index contributed by atoms with van der Waals surface area (Å²) >= 11 is 11.9. The van der Waals surface area contributed by atoms with Gasteiger partial charge in [-0.2, -0.15) is 0 Å². The van der Waals surface area contributed by atoms with Crippen molar-refractivity contribution in [1.82, 2.24) is 5.32 Å². The SMILES string of the molecule is O=C(Cc1ccc(Cl)cc1Cl)NCCCCOc1ccc(F)cc1. The standard InChI is InChI=1S/C18H18Cl2FNO2/c19-14-4-3-13(17(20)12-14)11-18(23)22-9-1-2-10-24-16-7-5-15(21)6-8-16/h3-8,12H,1-2,9-11H2,(H,22,23). The van der Waals surface area contributed by atoms with Gasteiger partial charge in [0.1, 0.15) is 11.6 Å². The first-order valence-electron chi connectivity index (χ1n) is 7.63. The van der Waals surface area contributed by atoms with Crippen molar-refractivity contribution in [2.24, 2.45) is 0 Å². The van der Waals surface area contributed by atoms with Crippen LogP contribution in [0, 0.1) is 5.82 Å². The molecule has 0 saturated heterocycles. The molecule has 0 bridgehead atoms. The number of carbonyl (C=O) groups is 1. The number of amides is 1. The fourth-order valence-electron chi connectivity index (χ4n) is 2.08. The Morgan fingerprint density at radius 2 is 1.83 bits per heavy atom. The minimum atomic E-state index is -0.286. The van der Waals surface area contributed by atoms with E-state index in [9.17, 15) is 9.18 Å². The highest BCUT2D eigenvalue weighted by Crippen LogP contribution is 2.21. The van der Waals surface area contributed by atoms with Gasteiger partial charge in [-0.25, -0.2) is 4.39 Å². The van der Waals surface area contributed by atoms with E-state index < -0.39 is 0 Å². The predicted molar refractivity (Wildman–Crippen MR) is 94.3 cm³/mol. The van der Waals surface area contributed by atoms with Crippen molar-refractivity contribution in [2.75, 3.05) is 13.2 Å². The van der Waals surface area contributed by atoms with Gasteiger partial charge in [0.2, 0.25) is 5.91 Å². The molecule has 0 aliphatic rings. The summed E-state index contributed by atoms with van der Waals surface area (Å²) in [4.78, 5) is 11.9. The quantitative estimate of drug-likeness (QED) is 0.687. The third-order valence-electron chi connectivity index (χ3n) is 3.34. The van der Waals surface area contributed by atoms with Crippen LogP contribution in [-0.2, 0) is 11.2 Å². The maximum Gasteiger partial charge on any atom is 0.224 e. The molecule has 6 heteroatoms. The van der Waals surface area contributed by atoms with Crippen LogP contribution in [0.15, 0.2) is 42.5 Å². The Bertz CT molecular complexity index is 677. The average Bonchev–Trinajstić information content (AvgIpc) is 2.55. The Morgan fingerprint density at radius 1 is 1.08 bits per heavy atom. The largest absolute Gasteiger partial charge is 0.494 e. The fraction of sp³-hybridized carbons (Fsp3) is 0.278. The predicted octanol–water partition coefficient (Wildman–Crippen LogP) is 4.65. The van der Waals surface area contributed by atoms with E-state index in [1.807, 2.05) is 0 Å². The lowest BCUT2D eigenvalue weighted by Gasteiger charge is -2.08. The number of carbonyl (C=O) groups excluding carboxylic acids is 1. The molecule has 0 atom stereocenters. The van der Waals surface area contributed by atoms with Crippen LogP contribution in [0.25, 0.3) is 0 Å². The lowest BCUT2D eigenvalue weighted by molar-refractivity contribution is -0.120. The highest BCUT2D eigenvalue weighted by molar-refractivity contribution is 6.35. The van der Waals surface area contributed by atoms with Crippen molar-refractivity contribution in [1.29, 1.82) is 0 Å². The van der Waals surface area contributed by atoms with Gasteiger partial charge in [-0.1, -0.05) is 29.3 Å². The topological polar surface area (TPSA) is 38.3 Å². The van der Waals surface area contributed by atoms with Crippen LogP contribution in [0.4, 0.5) is 4.39 Å². The van der Waals surface area contributed by atoms with Crippen LogP contribution in [0.1, 0.15) is 18.4 Å². The molecule has 0 radical (unpaired) electrons. The van der Waals surface area contributed by atoms with E-state index in [4.69, 9.17) is 27.9 Å². The zero-order chi connectivity index (χ0) is 17.4. The van der Waals surface area contributed by atoms with Gasteiger partial charge in [0.05, 0.1) is 13.0 Å². The van der Waals surface area contributed by atoms with Crippen LogP contribution in [0.3, 0.4) is 0 Å².